The van der Waals surface area contributed by atoms with Crippen molar-refractivity contribution in [1.29, 1.82) is 0 Å². The minimum Gasteiger partial charge on any atom is -0.464 e. The number of rotatable bonds is 4. The molecule has 0 aromatic carbocycles. The van der Waals surface area contributed by atoms with Crippen LogP contribution >= 0.6 is 0 Å². The Kier molecular flexibility index (Phi) is 3.35. The quantitative estimate of drug-likeness (QED) is 0.689. The lowest BCUT2D eigenvalue weighted by molar-refractivity contribution is 0.0403. The van der Waals surface area contributed by atoms with Gasteiger partial charge in [0.05, 0.1) is 6.10 Å². The minimum absolute atomic E-state index is 0.315. The number of furan rings is 1. The molecule has 12 heavy (non-hydrogen) atoms. The van der Waals surface area contributed by atoms with Crippen molar-refractivity contribution in [3.8, 4) is 0 Å². The maximum atomic E-state index is 5.50. The Morgan fingerprint density at radius 1 is 1.50 bits per heavy atom. The molecule has 2 heteroatoms. The first-order valence-corrected chi connectivity index (χ1v) is 4.39. The van der Waals surface area contributed by atoms with Gasteiger partial charge >= 0.3 is 0 Å². The molecule has 0 saturated heterocycles. The summed E-state index contributed by atoms with van der Waals surface area (Å²) in [7, 11) is 0. The first kappa shape index (κ1) is 9.33. The zero-order chi connectivity index (χ0) is 8.97. The van der Waals surface area contributed by atoms with Crippen LogP contribution in [0.15, 0.2) is 16.5 Å². The van der Waals surface area contributed by atoms with Crippen LogP contribution in [-0.2, 0) is 11.3 Å². The predicted molar refractivity (Wildman–Crippen MR) is 48.0 cm³/mol. The summed E-state index contributed by atoms with van der Waals surface area (Å²) in [6, 6.07) is 3.91. The van der Waals surface area contributed by atoms with Crippen molar-refractivity contribution in [1.82, 2.24) is 0 Å². The third-order valence-electron chi connectivity index (χ3n) is 1.88. The Morgan fingerprint density at radius 2 is 2.25 bits per heavy atom. The molecule has 0 aliphatic heterocycles. The third kappa shape index (κ3) is 2.70. The zero-order valence-corrected chi connectivity index (χ0v) is 7.96. The van der Waals surface area contributed by atoms with Crippen molar-refractivity contribution >= 4 is 0 Å². The summed E-state index contributed by atoms with van der Waals surface area (Å²) >= 11 is 0. The van der Waals surface area contributed by atoms with E-state index in [0.717, 1.165) is 17.9 Å². The molecule has 0 N–H and O–H groups in total. The standard InChI is InChI=1S/C10H16O2/c1-4-8(2)11-7-10-6-5-9(3)12-10/h5-6,8H,4,7H2,1-3H3. The van der Waals surface area contributed by atoms with Gasteiger partial charge in [-0.2, -0.15) is 0 Å². The van der Waals surface area contributed by atoms with Crippen LogP contribution in [0.5, 0.6) is 0 Å². The topological polar surface area (TPSA) is 22.4 Å². The van der Waals surface area contributed by atoms with Gasteiger partial charge in [-0.05, 0) is 32.4 Å². The Bertz CT molecular complexity index is 227. The summed E-state index contributed by atoms with van der Waals surface area (Å²) in [5.41, 5.74) is 0. The molecule has 1 atom stereocenters. The van der Waals surface area contributed by atoms with Crippen LogP contribution in [0.4, 0.5) is 0 Å². The van der Waals surface area contributed by atoms with Crippen molar-refractivity contribution in [2.75, 3.05) is 0 Å². The Hall–Kier alpha value is -0.760. The van der Waals surface area contributed by atoms with Crippen molar-refractivity contribution in [3.05, 3.63) is 23.7 Å². The fraction of sp³-hybridized carbons (Fsp3) is 0.600. The first-order chi connectivity index (χ1) is 5.72. The summed E-state index contributed by atoms with van der Waals surface area (Å²) in [5, 5.41) is 0. The largest absolute Gasteiger partial charge is 0.464 e. The summed E-state index contributed by atoms with van der Waals surface area (Å²) in [6.07, 6.45) is 1.36. The maximum absolute atomic E-state index is 5.50. The lowest BCUT2D eigenvalue weighted by Gasteiger charge is -2.07. The van der Waals surface area contributed by atoms with Gasteiger partial charge in [-0.3, -0.25) is 0 Å². The molecule has 0 amide bonds. The van der Waals surface area contributed by atoms with E-state index < -0.39 is 0 Å². The molecule has 0 bridgehead atoms. The zero-order valence-electron chi connectivity index (χ0n) is 7.96. The normalized spacial score (nSPS) is 13.2. The molecule has 1 aromatic heterocycles. The molecule has 1 rings (SSSR count). The van der Waals surface area contributed by atoms with Gasteiger partial charge < -0.3 is 9.15 Å². The van der Waals surface area contributed by atoms with E-state index in [2.05, 4.69) is 13.8 Å². The van der Waals surface area contributed by atoms with Gasteiger partial charge in [0, 0.05) is 0 Å². The van der Waals surface area contributed by atoms with Gasteiger partial charge in [0.1, 0.15) is 18.1 Å². The van der Waals surface area contributed by atoms with Gasteiger partial charge in [-0.25, -0.2) is 0 Å². The number of aryl methyl sites for hydroxylation is 1. The number of ether oxygens (including phenoxy) is 1. The SMILES string of the molecule is CCC(C)OCc1ccc(C)o1. The number of hydrogen-bond donors (Lipinski definition) is 0. The molecule has 0 aliphatic rings. The Labute approximate surface area is 73.5 Å². The minimum atomic E-state index is 0.315. The Balaban J connectivity index is 2.33. The van der Waals surface area contributed by atoms with E-state index in [1.165, 1.54) is 0 Å². The van der Waals surface area contributed by atoms with Gasteiger partial charge in [-0.1, -0.05) is 6.92 Å². The second-order valence-corrected chi connectivity index (χ2v) is 3.04. The van der Waals surface area contributed by atoms with E-state index >= 15 is 0 Å². The molecular weight excluding hydrogens is 152 g/mol. The number of hydrogen-bond acceptors (Lipinski definition) is 2. The smallest absolute Gasteiger partial charge is 0.129 e. The third-order valence-corrected chi connectivity index (χ3v) is 1.88. The molecule has 1 aromatic rings. The lowest BCUT2D eigenvalue weighted by atomic mass is 10.3. The highest BCUT2D eigenvalue weighted by molar-refractivity contribution is 5.04. The first-order valence-electron chi connectivity index (χ1n) is 4.39. The average molecular weight is 168 g/mol. The molecule has 0 radical (unpaired) electrons. The summed E-state index contributed by atoms with van der Waals surface area (Å²) < 4.78 is 10.9. The summed E-state index contributed by atoms with van der Waals surface area (Å²) in [5.74, 6) is 1.85. The highest BCUT2D eigenvalue weighted by Crippen LogP contribution is 2.09. The van der Waals surface area contributed by atoms with Crippen LogP contribution in [0.3, 0.4) is 0 Å². The summed E-state index contributed by atoms with van der Waals surface area (Å²) in [4.78, 5) is 0. The second kappa shape index (κ2) is 4.31. The fourth-order valence-corrected chi connectivity index (χ4v) is 0.905. The summed E-state index contributed by atoms with van der Waals surface area (Å²) in [6.45, 7) is 6.70. The molecule has 0 fully saturated rings. The van der Waals surface area contributed by atoms with Gasteiger partial charge in [-0.15, -0.1) is 0 Å². The highest BCUT2D eigenvalue weighted by Gasteiger charge is 2.01. The van der Waals surface area contributed by atoms with Crippen LogP contribution in [0, 0.1) is 6.92 Å². The molecule has 0 spiro atoms. The van der Waals surface area contributed by atoms with Crippen molar-refractivity contribution < 1.29 is 9.15 Å². The molecule has 68 valence electrons. The Morgan fingerprint density at radius 3 is 2.75 bits per heavy atom. The second-order valence-electron chi connectivity index (χ2n) is 3.04. The molecular formula is C10H16O2. The van der Waals surface area contributed by atoms with E-state index in [4.69, 9.17) is 9.15 Å². The fourth-order valence-electron chi connectivity index (χ4n) is 0.905. The molecule has 0 aliphatic carbocycles. The highest BCUT2D eigenvalue weighted by atomic mass is 16.5. The molecule has 1 unspecified atom stereocenters. The molecule has 1 heterocycles. The van der Waals surface area contributed by atoms with Gasteiger partial charge in [0.15, 0.2) is 0 Å². The van der Waals surface area contributed by atoms with Crippen LogP contribution in [0.25, 0.3) is 0 Å². The van der Waals surface area contributed by atoms with E-state index in [-0.39, 0.29) is 0 Å². The molecule has 2 nitrogen and oxygen atoms in total. The average Bonchev–Trinajstić information content (AvgIpc) is 2.47. The van der Waals surface area contributed by atoms with Gasteiger partial charge in [0.2, 0.25) is 0 Å². The van der Waals surface area contributed by atoms with Crippen molar-refractivity contribution in [3.63, 3.8) is 0 Å². The molecule has 0 saturated carbocycles. The van der Waals surface area contributed by atoms with Crippen molar-refractivity contribution in [2.24, 2.45) is 0 Å². The van der Waals surface area contributed by atoms with Gasteiger partial charge in [0.25, 0.3) is 0 Å². The van der Waals surface area contributed by atoms with Crippen LogP contribution in [0.1, 0.15) is 31.8 Å². The van der Waals surface area contributed by atoms with Crippen LogP contribution in [-0.4, -0.2) is 6.10 Å². The van der Waals surface area contributed by atoms with Crippen LogP contribution < -0.4 is 0 Å². The van der Waals surface area contributed by atoms with E-state index in [0.29, 0.717) is 12.7 Å². The lowest BCUT2D eigenvalue weighted by Crippen LogP contribution is -2.05. The monoisotopic (exact) mass is 168 g/mol. The van der Waals surface area contributed by atoms with E-state index in [1.54, 1.807) is 0 Å². The predicted octanol–water partition coefficient (Wildman–Crippen LogP) is 2.90. The van der Waals surface area contributed by atoms with E-state index in [1.807, 2.05) is 19.1 Å². The van der Waals surface area contributed by atoms with Crippen LogP contribution in [0.2, 0.25) is 0 Å². The van der Waals surface area contributed by atoms with E-state index in [9.17, 15) is 0 Å². The van der Waals surface area contributed by atoms with Crippen molar-refractivity contribution in [2.45, 2.75) is 39.9 Å². The maximum Gasteiger partial charge on any atom is 0.129 e.